The molecule has 0 heterocycles. The van der Waals surface area contributed by atoms with E-state index in [1.54, 1.807) is 0 Å². The summed E-state index contributed by atoms with van der Waals surface area (Å²) in [5.41, 5.74) is 0. The first-order valence-corrected chi connectivity index (χ1v) is 5.43. The van der Waals surface area contributed by atoms with E-state index in [-0.39, 0.29) is 0 Å². The van der Waals surface area contributed by atoms with Crippen molar-refractivity contribution in [2.75, 3.05) is 0 Å². The molecule has 0 aromatic carbocycles. The first-order valence-electron chi connectivity index (χ1n) is 5.43. The van der Waals surface area contributed by atoms with Crippen LogP contribution in [0.1, 0.15) is 53.4 Å². The van der Waals surface area contributed by atoms with Crippen LogP contribution in [-0.4, -0.2) is 18.1 Å². The highest BCUT2D eigenvalue weighted by atomic mass is 14.9. The van der Waals surface area contributed by atoms with Gasteiger partial charge in [-0.2, -0.15) is 0 Å². The van der Waals surface area contributed by atoms with Gasteiger partial charge in [0.15, 0.2) is 0 Å². The summed E-state index contributed by atoms with van der Waals surface area (Å²) >= 11 is 0. The summed E-state index contributed by atoms with van der Waals surface area (Å²) in [4.78, 5) is 8.56. The van der Waals surface area contributed by atoms with Gasteiger partial charge in [-0.15, -0.1) is 0 Å². The van der Waals surface area contributed by atoms with Crippen LogP contribution in [0.2, 0.25) is 0 Å². The molecule has 2 heteroatoms. The van der Waals surface area contributed by atoms with E-state index in [0.29, 0.717) is 12.1 Å². The van der Waals surface area contributed by atoms with Gasteiger partial charge < -0.3 is 0 Å². The van der Waals surface area contributed by atoms with Crippen molar-refractivity contribution in [3.8, 4) is 0 Å². The minimum absolute atomic E-state index is 0.415. The van der Waals surface area contributed by atoms with Gasteiger partial charge in [-0.05, 0) is 25.7 Å². The minimum Gasteiger partial charge on any atom is -0.222 e. The van der Waals surface area contributed by atoms with Gasteiger partial charge in [-0.1, -0.05) is 27.7 Å². The third-order valence-electron chi connectivity index (χ3n) is 2.37. The normalized spacial score (nSPS) is 10.3. The number of rotatable bonds is 6. The van der Waals surface area contributed by atoms with Crippen LogP contribution in [0, 0.1) is 0 Å². The summed E-state index contributed by atoms with van der Waals surface area (Å²) < 4.78 is 0. The van der Waals surface area contributed by atoms with E-state index in [9.17, 15) is 0 Å². The molecule has 0 aliphatic carbocycles. The molecule has 2 nitrogen and oxygen atoms in total. The first kappa shape index (κ1) is 12.4. The molecule has 0 aromatic rings. The van der Waals surface area contributed by atoms with Crippen LogP contribution >= 0.6 is 0 Å². The standard InChI is InChI=1S/C11H22N2/c1-5-10(6-2)12-9-13-11(7-3)8-4/h10-11H,5-8H2,1-4H3. The van der Waals surface area contributed by atoms with E-state index in [0.717, 1.165) is 25.7 Å². The number of aliphatic imine (C=N–C) groups is 2. The van der Waals surface area contributed by atoms with Gasteiger partial charge in [-0.3, -0.25) is 0 Å². The fourth-order valence-electron chi connectivity index (χ4n) is 1.14. The summed E-state index contributed by atoms with van der Waals surface area (Å²) in [6.45, 7) is 8.60. The molecule has 0 aromatic heterocycles. The zero-order chi connectivity index (χ0) is 10.1. The van der Waals surface area contributed by atoms with Gasteiger partial charge in [0.05, 0.1) is 18.1 Å². The summed E-state index contributed by atoms with van der Waals surface area (Å²) in [6.07, 6.45) is 4.34. The Morgan fingerprint density at radius 3 is 1.31 bits per heavy atom. The Labute approximate surface area is 82.2 Å². The molecule has 0 saturated carbocycles. The Bertz CT molecular complexity index is 145. The molecule has 0 rings (SSSR count). The fourth-order valence-corrected chi connectivity index (χ4v) is 1.14. The molecule has 0 amide bonds. The predicted molar refractivity (Wildman–Crippen MR) is 58.6 cm³/mol. The van der Waals surface area contributed by atoms with Gasteiger partial charge in [0.25, 0.3) is 0 Å². The zero-order valence-electron chi connectivity index (χ0n) is 9.38. The first-order chi connectivity index (χ1) is 6.28. The van der Waals surface area contributed by atoms with Crippen LogP contribution in [0.3, 0.4) is 0 Å². The Kier molecular flexibility index (Phi) is 7.62. The van der Waals surface area contributed by atoms with Crippen molar-refractivity contribution in [2.24, 2.45) is 9.98 Å². The maximum atomic E-state index is 4.28. The molecule has 0 N–H and O–H groups in total. The second-order valence-corrected chi connectivity index (χ2v) is 3.30. The molecule has 76 valence electrons. The fraction of sp³-hybridized carbons (Fsp3) is 0.909. The lowest BCUT2D eigenvalue weighted by molar-refractivity contribution is 0.621. The smallest absolute Gasteiger partial charge is 0.0898 e. The maximum absolute atomic E-state index is 4.28. The summed E-state index contributed by atoms with van der Waals surface area (Å²) in [7, 11) is 0. The lowest BCUT2D eigenvalue weighted by atomic mass is 10.2. The Morgan fingerprint density at radius 1 is 0.769 bits per heavy atom. The molecule has 0 fully saturated rings. The topological polar surface area (TPSA) is 24.7 Å². The highest BCUT2D eigenvalue weighted by Crippen LogP contribution is 2.02. The highest BCUT2D eigenvalue weighted by molar-refractivity contribution is 5.42. The van der Waals surface area contributed by atoms with Crippen LogP contribution in [0.5, 0.6) is 0 Å². The third-order valence-corrected chi connectivity index (χ3v) is 2.37. The molecule has 0 radical (unpaired) electrons. The number of nitrogens with zero attached hydrogens (tertiary/aromatic N) is 2. The van der Waals surface area contributed by atoms with Crippen molar-refractivity contribution < 1.29 is 0 Å². The lowest BCUT2D eigenvalue weighted by Gasteiger charge is -2.03. The Hall–Kier alpha value is -0.620. The molecule has 0 atom stereocenters. The van der Waals surface area contributed by atoms with Gasteiger partial charge in [0.1, 0.15) is 0 Å². The summed E-state index contributed by atoms with van der Waals surface area (Å²) in [5, 5.41) is 0. The van der Waals surface area contributed by atoms with E-state index >= 15 is 0 Å². The average Bonchev–Trinajstić information content (AvgIpc) is 2.19. The summed E-state index contributed by atoms with van der Waals surface area (Å²) in [6, 6.07) is 3.67. The average molecular weight is 182 g/mol. The number of hydrogen-bond acceptors (Lipinski definition) is 2. The van der Waals surface area contributed by atoms with Crippen molar-refractivity contribution in [1.82, 2.24) is 0 Å². The largest absolute Gasteiger partial charge is 0.222 e. The van der Waals surface area contributed by atoms with E-state index < -0.39 is 0 Å². The molecular weight excluding hydrogens is 160 g/mol. The van der Waals surface area contributed by atoms with E-state index in [1.165, 1.54) is 0 Å². The summed E-state index contributed by atoms with van der Waals surface area (Å²) in [5.74, 6) is 0. The van der Waals surface area contributed by atoms with Crippen LogP contribution < -0.4 is 0 Å². The predicted octanol–water partition coefficient (Wildman–Crippen LogP) is 3.54. The van der Waals surface area contributed by atoms with E-state index in [1.807, 2.05) is 0 Å². The second-order valence-electron chi connectivity index (χ2n) is 3.30. The SMILES string of the molecule is CCC(CC)N=C=NC(CC)CC. The highest BCUT2D eigenvalue weighted by Gasteiger charge is 1.98. The van der Waals surface area contributed by atoms with Gasteiger partial charge >= 0.3 is 0 Å². The van der Waals surface area contributed by atoms with Crippen molar-refractivity contribution in [1.29, 1.82) is 0 Å². The minimum atomic E-state index is 0.415. The molecule has 0 saturated heterocycles. The molecule has 0 aliphatic heterocycles. The lowest BCUT2D eigenvalue weighted by Crippen LogP contribution is -2.01. The Morgan fingerprint density at radius 2 is 1.08 bits per heavy atom. The third kappa shape index (κ3) is 5.59. The van der Waals surface area contributed by atoms with Crippen LogP contribution in [0.4, 0.5) is 0 Å². The van der Waals surface area contributed by atoms with Crippen molar-refractivity contribution in [2.45, 2.75) is 65.5 Å². The van der Waals surface area contributed by atoms with Crippen molar-refractivity contribution in [3.05, 3.63) is 0 Å². The van der Waals surface area contributed by atoms with Gasteiger partial charge in [0, 0.05) is 0 Å². The molecular formula is C11H22N2. The quantitative estimate of drug-likeness (QED) is 0.561. The van der Waals surface area contributed by atoms with Crippen LogP contribution in [-0.2, 0) is 0 Å². The van der Waals surface area contributed by atoms with Gasteiger partial charge in [-0.25, -0.2) is 9.98 Å². The van der Waals surface area contributed by atoms with Gasteiger partial charge in [0.2, 0.25) is 0 Å². The monoisotopic (exact) mass is 182 g/mol. The molecule has 0 spiro atoms. The van der Waals surface area contributed by atoms with Crippen LogP contribution in [0.25, 0.3) is 0 Å². The van der Waals surface area contributed by atoms with Crippen molar-refractivity contribution >= 4 is 6.01 Å². The van der Waals surface area contributed by atoms with Crippen molar-refractivity contribution in [3.63, 3.8) is 0 Å². The Balaban J connectivity index is 4.05. The van der Waals surface area contributed by atoms with E-state index in [2.05, 4.69) is 43.7 Å². The zero-order valence-corrected chi connectivity index (χ0v) is 9.38. The molecule has 0 aliphatic rings. The maximum Gasteiger partial charge on any atom is 0.0898 e. The van der Waals surface area contributed by atoms with E-state index in [4.69, 9.17) is 0 Å². The molecule has 13 heavy (non-hydrogen) atoms. The second kappa shape index (κ2) is 8.00. The molecule has 0 bridgehead atoms. The molecule has 0 unspecified atom stereocenters. The van der Waals surface area contributed by atoms with Crippen LogP contribution in [0.15, 0.2) is 9.98 Å². The number of hydrogen-bond donors (Lipinski definition) is 0.